The van der Waals surface area contributed by atoms with Crippen molar-refractivity contribution in [2.75, 3.05) is 14.2 Å². The van der Waals surface area contributed by atoms with Gasteiger partial charge in [0.05, 0.1) is 26.2 Å². The van der Waals surface area contributed by atoms with Crippen LogP contribution >= 0.6 is 11.6 Å². The quantitative estimate of drug-likeness (QED) is 0.295. The lowest BCUT2D eigenvalue weighted by atomic mass is 10.1. The molecule has 4 rings (SSSR count). The molecule has 0 aliphatic carbocycles. The number of carbonyl (C=O) groups is 2. The smallest absolute Gasteiger partial charge is 0.262 e. The van der Waals surface area contributed by atoms with Crippen molar-refractivity contribution < 1.29 is 19.1 Å². The van der Waals surface area contributed by atoms with Gasteiger partial charge in [-0.2, -0.15) is 0 Å². The van der Waals surface area contributed by atoms with E-state index in [1.807, 2.05) is 37.3 Å². The van der Waals surface area contributed by atoms with Crippen molar-refractivity contribution in [1.29, 1.82) is 0 Å². The van der Waals surface area contributed by atoms with Crippen molar-refractivity contribution in [2.45, 2.75) is 39.0 Å². The third kappa shape index (κ3) is 5.35. The number of ether oxygens (including phenoxy) is 2. The number of fused-ring (bicyclic) bond motifs is 1. The van der Waals surface area contributed by atoms with E-state index in [-0.39, 0.29) is 23.9 Å². The molecule has 4 aromatic rings. The molecule has 1 aromatic heterocycles. The molecule has 1 heterocycles. The van der Waals surface area contributed by atoms with E-state index >= 15 is 0 Å². The van der Waals surface area contributed by atoms with Gasteiger partial charge in [-0.25, -0.2) is 0 Å². The van der Waals surface area contributed by atoms with E-state index in [4.69, 9.17) is 21.1 Å². The van der Waals surface area contributed by atoms with Crippen LogP contribution in [0.4, 0.5) is 0 Å². The van der Waals surface area contributed by atoms with Gasteiger partial charge in [-0.15, -0.1) is 0 Å². The minimum Gasteiger partial charge on any atom is -0.497 e. The van der Waals surface area contributed by atoms with Gasteiger partial charge in [-0.05, 0) is 74.0 Å². The summed E-state index contributed by atoms with van der Waals surface area (Å²) in [6.45, 7) is 8.43. The molecule has 38 heavy (non-hydrogen) atoms. The molecule has 3 aromatic carbocycles. The number of nitrogens with zero attached hydrogens (tertiary/aromatic N) is 1. The van der Waals surface area contributed by atoms with Gasteiger partial charge in [0.15, 0.2) is 0 Å². The Balaban J connectivity index is 1.65. The van der Waals surface area contributed by atoms with Gasteiger partial charge in [0.2, 0.25) is 5.91 Å². The molecule has 0 fully saturated rings. The molecule has 1 atom stereocenters. The Bertz CT molecular complexity index is 1480. The fourth-order valence-electron chi connectivity index (χ4n) is 4.70. The molecular weight excluding hydrogens is 516 g/mol. The van der Waals surface area contributed by atoms with E-state index < -0.39 is 8.07 Å². The van der Waals surface area contributed by atoms with Gasteiger partial charge in [0, 0.05) is 27.3 Å². The number of nitrogens with one attached hydrogen (secondary N) is 1. The number of rotatable bonds is 8. The summed E-state index contributed by atoms with van der Waals surface area (Å²) >= 11 is 6.03. The van der Waals surface area contributed by atoms with Gasteiger partial charge in [0.1, 0.15) is 19.6 Å². The van der Waals surface area contributed by atoms with Crippen molar-refractivity contribution >= 4 is 47.6 Å². The third-order valence-corrected chi connectivity index (χ3v) is 11.9. The maximum atomic E-state index is 13.5. The highest BCUT2D eigenvalue weighted by Gasteiger charge is 2.32. The summed E-state index contributed by atoms with van der Waals surface area (Å²) in [6, 6.07) is 20.5. The Morgan fingerprint density at radius 2 is 1.55 bits per heavy atom. The highest BCUT2D eigenvalue weighted by molar-refractivity contribution is 6.91. The molecule has 6 nitrogen and oxygen atoms in total. The zero-order chi connectivity index (χ0) is 27.6. The van der Waals surface area contributed by atoms with E-state index in [0.717, 1.165) is 27.9 Å². The lowest BCUT2D eigenvalue weighted by molar-refractivity contribution is -0.120. The molecule has 0 saturated heterocycles. The summed E-state index contributed by atoms with van der Waals surface area (Å²) in [7, 11) is 1.23. The van der Waals surface area contributed by atoms with Gasteiger partial charge >= 0.3 is 0 Å². The molecule has 0 aliphatic heterocycles. The van der Waals surface area contributed by atoms with E-state index in [0.29, 0.717) is 16.3 Å². The van der Waals surface area contributed by atoms with Crippen LogP contribution in [0.25, 0.3) is 10.9 Å². The normalized spacial score (nSPS) is 12.3. The van der Waals surface area contributed by atoms with Gasteiger partial charge in [0.25, 0.3) is 5.91 Å². The Labute approximate surface area is 229 Å². The highest BCUT2D eigenvalue weighted by Crippen LogP contribution is 2.31. The van der Waals surface area contributed by atoms with E-state index in [9.17, 15) is 9.59 Å². The highest BCUT2D eigenvalue weighted by atomic mass is 35.5. The molecule has 0 spiro atoms. The van der Waals surface area contributed by atoms with Crippen LogP contribution in [-0.4, -0.2) is 44.3 Å². The van der Waals surface area contributed by atoms with Crippen molar-refractivity contribution in [3.8, 4) is 11.5 Å². The first-order chi connectivity index (χ1) is 18.1. The topological polar surface area (TPSA) is 69.6 Å². The Morgan fingerprint density at radius 3 is 2.16 bits per heavy atom. The maximum Gasteiger partial charge on any atom is 0.262 e. The van der Waals surface area contributed by atoms with E-state index in [2.05, 4.69) is 37.5 Å². The molecule has 198 valence electrons. The standard InChI is InChI=1S/C30H33ClN2O4Si/c1-19-26(18-29(34)32-20(2)38(5,6)25-14-11-23(36-3)12-15-25)27-17-24(37-4)13-16-28(27)33(19)30(35)21-7-9-22(31)10-8-21/h7-17,20H,18H2,1-6H3,(H,32,34). The Hall–Kier alpha value is -3.55. The lowest BCUT2D eigenvalue weighted by Gasteiger charge is -2.31. The van der Waals surface area contributed by atoms with Crippen molar-refractivity contribution in [1.82, 2.24) is 9.88 Å². The van der Waals surface area contributed by atoms with Gasteiger partial charge in [-0.1, -0.05) is 42.0 Å². The second-order valence-electron chi connectivity index (χ2n) is 10.0. The second kappa shape index (κ2) is 11.1. The molecule has 0 saturated carbocycles. The summed E-state index contributed by atoms with van der Waals surface area (Å²) in [5, 5.41) is 5.86. The molecule has 1 unspecified atom stereocenters. The van der Waals surface area contributed by atoms with Gasteiger partial charge in [-0.3, -0.25) is 14.2 Å². The fourth-order valence-corrected chi connectivity index (χ4v) is 6.87. The van der Waals surface area contributed by atoms with Crippen LogP contribution in [-0.2, 0) is 11.2 Å². The number of methoxy groups -OCH3 is 2. The number of benzene rings is 3. The zero-order valence-corrected chi connectivity index (χ0v) is 24.3. The Kier molecular flexibility index (Phi) is 7.99. The minimum atomic E-state index is -2.02. The summed E-state index contributed by atoms with van der Waals surface area (Å²) in [6.07, 6.45) is 0.147. The van der Waals surface area contributed by atoms with Crippen LogP contribution in [0.5, 0.6) is 11.5 Å². The van der Waals surface area contributed by atoms with Gasteiger partial charge < -0.3 is 14.8 Å². The number of amides is 1. The van der Waals surface area contributed by atoms with Crippen LogP contribution < -0.4 is 20.0 Å². The maximum absolute atomic E-state index is 13.5. The molecule has 8 heteroatoms. The van der Waals surface area contributed by atoms with Crippen LogP contribution in [0.2, 0.25) is 18.1 Å². The van der Waals surface area contributed by atoms with Crippen LogP contribution in [0, 0.1) is 6.92 Å². The van der Waals surface area contributed by atoms with Crippen LogP contribution in [0.1, 0.15) is 28.5 Å². The monoisotopic (exact) mass is 548 g/mol. The first-order valence-corrected chi connectivity index (χ1v) is 15.9. The largest absolute Gasteiger partial charge is 0.497 e. The van der Waals surface area contributed by atoms with Crippen LogP contribution in [0.3, 0.4) is 0 Å². The number of hydrogen-bond acceptors (Lipinski definition) is 4. The molecule has 0 aliphatic rings. The predicted molar refractivity (Wildman–Crippen MR) is 156 cm³/mol. The molecule has 1 N–H and O–H groups in total. The minimum absolute atomic E-state index is 0.0118. The van der Waals surface area contributed by atoms with Crippen molar-refractivity contribution in [3.63, 3.8) is 0 Å². The lowest BCUT2D eigenvalue weighted by Crippen LogP contribution is -2.58. The molecule has 0 radical (unpaired) electrons. The second-order valence-corrected chi connectivity index (χ2v) is 15.3. The molecule has 1 amide bonds. The summed E-state index contributed by atoms with van der Waals surface area (Å²) in [5.74, 6) is 1.21. The number of halogens is 1. The summed E-state index contributed by atoms with van der Waals surface area (Å²) in [4.78, 5) is 26.9. The van der Waals surface area contributed by atoms with E-state index in [1.165, 1.54) is 5.19 Å². The average Bonchev–Trinajstić information content (AvgIpc) is 3.18. The molecule has 0 bridgehead atoms. The zero-order valence-electron chi connectivity index (χ0n) is 22.6. The number of carbonyl (C=O) groups excluding carboxylic acids is 2. The Morgan fingerprint density at radius 1 is 0.947 bits per heavy atom. The average molecular weight is 549 g/mol. The fraction of sp³-hybridized carbons (Fsp3) is 0.267. The molecular formula is C30H33ClN2O4Si. The number of hydrogen-bond donors (Lipinski definition) is 1. The van der Waals surface area contributed by atoms with E-state index in [1.54, 1.807) is 43.1 Å². The van der Waals surface area contributed by atoms with Crippen molar-refractivity contribution in [3.05, 3.63) is 88.6 Å². The number of aromatic nitrogens is 1. The summed E-state index contributed by atoms with van der Waals surface area (Å²) in [5.41, 5.74) is 2.76. The van der Waals surface area contributed by atoms with Crippen molar-refractivity contribution in [2.24, 2.45) is 0 Å². The SMILES string of the molecule is COc1ccc([Si](C)(C)C(C)NC(=O)Cc2c(C)n(C(=O)c3ccc(Cl)cc3)c3ccc(OC)cc23)cc1. The first-order valence-electron chi connectivity index (χ1n) is 12.5. The van der Waals surface area contributed by atoms with Crippen LogP contribution in [0.15, 0.2) is 66.7 Å². The third-order valence-electron chi connectivity index (χ3n) is 7.47. The summed E-state index contributed by atoms with van der Waals surface area (Å²) < 4.78 is 12.4. The first kappa shape index (κ1) is 27.5. The predicted octanol–water partition coefficient (Wildman–Crippen LogP) is 5.51.